The molecule has 1 aliphatic heterocycles. The Morgan fingerprint density at radius 1 is 1.14 bits per heavy atom. The minimum absolute atomic E-state index is 0.0292. The Morgan fingerprint density at radius 2 is 1.82 bits per heavy atom. The fourth-order valence-corrected chi connectivity index (χ4v) is 6.73. The molecule has 0 unspecified atom stereocenters. The molecule has 1 saturated carbocycles. The monoisotopic (exact) mass is 418 g/mol. The summed E-state index contributed by atoms with van der Waals surface area (Å²) in [5.74, 6) is 0.612. The molecule has 0 atom stereocenters. The molecule has 2 fully saturated rings. The third kappa shape index (κ3) is 3.75. The first-order valence-electron chi connectivity index (χ1n) is 9.84. The highest BCUT2D eigenvalue weighted by molar-refractivity contribution is 7.91. The molecular weight excluding hydrogens is 392 g/mol. The topological polar surface area (TPSA) is 66.5 Å². The van der Waals surface area contributed by atoms with Gasteiger partial charge in [0.05, 0.1) is 12.0 Å². The van der Waals surface area contributed by atoms with E-state index in [1.165, 1.54) is 11.3 Å². The van der Waals surface area contributed by atoms with E-state index in [9.17, 15) is 13.2 Å². The van der Waals surface area contributed by atoms with Gasteiger partial charge in [0.25, 0.3) is 10.0 Å². The number of hydrogen-bond acceptors (Lipinski definition) is 4. The van der Waals surface area contributed by atoms with Crippen molar-refractivity contribution < 1.29 is 13.2 Å². The molecule has 150 valence electrons. The molecule has 0 radical (unpaired) electrons. The van der Waals surface area contributed by atoms with Crippen molar-refractivity contribution in [3.8, 4) is 0 Å². The summed E-state index contributed by atoms with van der Waals surface area (Å²) in [5, 5.41) is 3.01. The Balaban J connectivity index is 1.40. The van der Waals surface area contributed by atoms with Gasteiger partial charge in [-0.3, -0.25) is 4.79 Å². The van der Waals surface area contributed by atoms with E-state index in [4.69, 9.17) is 0 Å². The number of rotatable bonds is 6. The van der Waals surface area contributed by atoms with Gasteiger partial charge in [-0.2, -0.15) is 4.31 Å². The molecule has 1 aromatic heterocycles. The van der Waals surface area contributed by atoms with Crippen LogP contribution >= 0.6 is 11.3 Å². The molecule has 1 aliphatic carbocycles. The van der Waals surface area contributed by atoms with E-state index in [-0.39, 0.29) is 5.91 Å². The van der Waals surface area contributed by atoms with Crippen molar-refractivity contribution in [3.05, 3.63) is 52.9 Å². The van der Waals surface area contributed by atoms with Gasteiger partial charge in [0.15, 0.2) is 0 Å². The lowest BCUT2D eigenvalue weighted by atomic mass is 9.95. The standard InChI is InChI=1S/C21H26N2O3S2/c1-16-9-13-23(14-10-16)28(25,26)19-8-7-18(27-19)15-22-20(24)21(11-12-21)17-5-3-2-4-6-17/h2-8,16H,9-15H2,1H3,(H,22,24). The van der Waals surface area contributed by atoms with Crippen LogP contribution in [0.4, 0.5) is 0 Å². The summed E-state index contributed by atoms with van der Waals surface area (Å²) in [6, 6.07) is 13.4. The number of carbonyl (C=O) groups excluding carboxylic acids is 1. The lowest BCUT2D eigenvalue weighted by Crippen LogP contribution is -2.37. The molecule has 1 N–H and O–H groups in total. The van der Waals surface area contributed by atoms with Crippen LogP contribution in [0.15, 0.2) is 46.7 Å². The highest BCUT2D eigenvalue weighted by Gasteiger charge is 2.50. The third-order valence-electron chi connectivity index (χ3n) is 5.91. The molecule has 0 bridgehead atoms. The van der Waals surface area contributed by atoms with Gasteiger partial charge in [0, 0.05) is 18.0 Å². The summed E-state index contributed by atoms with van der Waals surface area (Å²) < 4.78 is 27.7. The fraction of sp³-hybridized carbons (Fsp3) is 0.476. The zero-order valence-corrected chi connectivity index (χ0v) is 17.7. The van der Waals surface area contributed by atoms with Crippen molar-refractivity contribution in [3.63, 3.8) is 0 Å². The number of sulfonamides is 1. The first kappa shape index (κ1) is 19.6. The van der Waals surface area contributed by atoms with Crippen LogP contribution in [0.1, 0.15) is 43.0 Å². The van der Waals surface area contributed by atoms with Gasteiger partial charge in [-0.15, -0.1) is 11.3 Å². The van der Waals surface area contributed by atoms with E-state index in [1.54, 1.807) is 10.4 Å². The van der Waals surface area contributed by atoms with Crippen LogP contribution < -0.4 is 5.32 Å². The van der Waals surface area contributed by atoms with E-state index >= 15 is 0 Å². The van der Waals surface area contributed by atoms with E-state index < -0.39 is 15.4 Å². The number of nitrogens with one attached hydrogen (secondary N) is 1. The van der Waals surface area contributed by atoms with Gasteiger partial charge in [-0.25, -0.2) is 8.42 Å². The average molecular weight is 419 g/mol. The Labute approximate surface area is 170 Å². The van der Waals surface area contributed by atoms with Crippen LogP contribution in [0, 0.1) is 5.92 Å². The minimum Gasteiger partial charge on any atom is -0.350 e. The van der Waals surface area contributed by atoms with Crippen molar-refractivity contribution in [1.29, 1.82) is 0 Å². The molecule has 0 spiro atoms. The van der Waals surface area contributed by atoms with Crippen LogP contribution in [0.25, 0.3) is 0 Å². The number of hydrogen-bond donors (Lipinski definition) is 1. The molecule has 1 aromatic carbocycles. The van der Waals surface area contributed by atoms with Crippen LogP contribution in [0.3, 0.4) is 0 Å². The molecule has 2 aliphatic rings. The zero-order valence-electron chi connectivity index (χ0n) is 16.1. The first-order chi connectivity index (χ1) is 13.4. The van der Waals surface area contributed by atoms with Crippen molar-refractivity contribution in [2.45, 2.75) is 48.8 Å². The lowest BCUT2D eigenvalue weighted by Gasteiger charge is -2.28. The maximum Gasteiger partial charge on any atom is 0.252 e. The van der Waals surface area contributed by atoms with Gasteiger partial charge in [-0.05, 0) is 49.3 Å². The number of nitrogens with zero attached hydrogens (tertiary/aromatic N) is 1. The molecule has 2 aromatic rings. The third-order valence-corrected chi connectivity index (χ3v) is 9.36. The molecule has 5 nitrogen and oxygen atoms in total. The molecule has 1 saturated heterocycles. The van der Waals surface area contributed by atoms with Gasteiger partial charge in [0.1, 0.15) is 4.21 Å². The first-order valence-corrected chi connectivity index (χ1v) is 12.1. The molecular formula is C21H26N2O3S2. The van der Waals surface area contributed by atoms with Crippen molar-refractivity contribution in [2.24, 2.45) is 5.92 Å². The quantitative estimate of drug-likeness (QED) is 0.781. The smallest absolute Gasteiger partial charge is 0.252 e. The fourth-order valence-electron chi connectivity index (χ4n) is 3.81. The van der Waals surface area contributed by atoms with Crippen LogP contribution in [0.2, 0.25) is 0 Å². The van der Waals surface area contributed by atoms with E-state index in [0.29, 0.717) is 29.8 Å². The van der Waals surface area contributed by atoms with Crippen LogP contribution in [0.5, 0.6) is 0 Å². The molecule has 4 rings (SSSR count). The van der Waals surface area contributed by atoms with Gasteiger partial charge >= 0.3 is 0 Å². The normalized spacial score (nSPS) is 20.0. The Kier molecular flexibility index (Phi) is 5.33. The van der Waals surface area contributed by atoms with Gasteiger partial charge in [-0.1, -0.05) is 37.3 Å². The number of piperidine rings is 1. The Bertz CT molecular complexity index is 941. The zero-order chi connectivity index (χ0) is 19.8. The highest BCUT2D eigenvalue weighted by atomic mass is 32.2. The van der Waals surface area contributed by atoms with E-state index in [2.05, 4.69) is 12.2 Å². The second-order valence-electron chi connectivity index (χ2n) is 7.94. The van der Waals surface area contributed by atoms with Crippen molar-refractivity contribution in [2.75, 3.05) is 13.1 Å². The molecule has 28 heavy (non-hydrogen) atoms. The Morgan fingerprint density at radius 3 is 2.46 bits per heavy atom. The number of amides is 1. The Hall–Kier alpha value is -1.70. The van der Waals surface area contributed by atoms with E-state index in [1.807, 2.05) is 36.4 Å². The number of benzene rings is 1. The summed E-state index contributed by atoms with van der Waals surface area (Å²) >= 11 is 1.26. The summed E-state index contributed by atoms with van der Waals surface area (Å²) in [6.07, 6.45) is 3.55. The maximum atomic E-state index is 12.8. The van der Waals surface area contributed by atoms with E-state index in [0.717, 1.165) is 36.1 Å². The largest absolute Gasteiger partial charge is 0.350 e. The predicted octanol–water partition coefficient (Wildman–Crippen LogP) is 3.52. The number of carbonyl (C=O) groups is 1. The summed E-state index contributed by atoms with van der Waals surface area (Å²) in [4.78, 5) is 13.6. The summed E-state index contributed by atoms with van der Waals surface area (Å²) in [6.45, 7) is 3.71. The minimum atomic E-state index is -3.42. The van der Waals surface area contributed by atoms with Crippen molar-refractivity contribution >= 4 is 27.3 Å². The number of thiophene rings is 1. The summed E-state index contributed by atoms with van der Waals surface area (Å²) in [7, 11) is -3.42. The second-order valence-corrected chi connectivity index (χ2v) is 11.3. The molecule has 1 amide bonds. The maximum absolute atomic E-state index is 12.8. The highest BCUT2D eigenvalue weighted by Crippen LogP contribution is 2.48. The average Bonchev–Trinajstić information content (AvgIpc) is 3.38. The molecule has 7 heteroatoms. The van der Waals surface area contributed by atoms with Crippen LogP contribution in [-0.2, 0) is 26.8 Å². The molecule has 2 heterocycles. The second kappa shape index (κ2) is 7.61. The predicted molar refractivity (Wildman–Crippen MR) is 111 cm³/mol. The van der Waals surface area contributed by atoms with Gasteiger partial charge in [0.2, 0.25) is 5.91 Å². The lowest BCUT2D eigenvalue weighted by molar-refractivity contribution is -0.123. The van der Waals surface area contributed by atoms with Crippen molar-refractivity contribution in [1.82, 2.24) is 9.62 Å². The van der Waals surface area contributed by atoms with Gasteiger partial charge < -0.3 is 5.32 Å². The van der Waals surface area contributed by atoms with Crippen LogP contribution in [-0.4, -0.2) is 31.7 Å². The SMILES string of the molecule is CC1CCN(S(=O)(=O)c2ccc(CNC(=O)C3(c4ccccc4)CC3)s2)CC1. The summed E-state index contributed by atoms with van der Waals surface area (Å²) in [5.41, 5.74) is 0.652.